The van der Waals surface area contributed by atoms with Crippen molar-refractivity contribution in [3.8, 4) is 0 Å². The smallest absolute Gasteiger partial charge is 0.220 e. The van der Waals surface area contributed by atoms with Gasteiger partial charge in [-0.3, -0.25) is 9.48 Å². The van der Waals surface area contributed by atoms with E-state index in [4.69, 9.17) is 5.73 Å². The van der Waals surface area contributed by atoms with Gasteiger partial charge in [-0.1, -0.05) is 6.92 Å². The second-order valence-corrected chi connectivity index (χ2v) is 4.24. The maximum atomic E-state index is 11.6. The zero-order chi connectivity index (χ0) is 12.0. The Morgan fingerprint density at radius 1 is 1.56 bits per heavy atom. The molecule has 0 aromatic carbocycles. The summed E-state index contributed by atoms with van der Waals surface area (Å²) in [6, 6.07) is 1.95. The SMILES string of the molecule is CC(CN)CC(=O)NC(C)Cn1cccn1. The van der Waals surface area contributed by atoms with Crippen molar-refractivity contribution in [3.05, 3.63) is 18.5 Å². The normalized spacial score (nSPS) is 14.4. The Labute approximate surface area is 96.0 Å². The van der Waals surface area contributed by atoms with Gasteiger partial charge in [0.1, 0.15) is 0 Å². The Bertz CT molecular complexity index is 310. The van der Waals surface area contributed by atoms with Crippen molar-refractivity contribution in [3.63, 3.8) is 0 Å². The van der Waals surface area contributed by atoms with Gasteiger partial charge in [0.05, 0.1) is 6.54 Å². The second-order valence-electron chi connectivity index (χ2n) is 4.24. The molecule has 0 bridgehead atoms. The molecule has 1 amide bonds. The minimum absolute atomic E-state index is 0.0533. The van der Waals surface area contributed by atoms with Gasteiger partial charge in [-0.2, -0.15) is 5.10 Å². The van der Waals surface area contributed by atoms with Crippen LogP contribution in [0, 0.1) is 5.92 Å². The Balaban J connectivity index is 2.28. The van der Waals surface area contributed by atoms with Crippen molar-refractivity contribution in [1.82, 2.24) is 15.1 Å². The zero-order valence-electron chi connectivity index (χ0n) is 9.89. The largest absolute Gasteiger partial charge is 0.352 e. The number of nitrogens with zero attached hydrogens (tertiary/aromatic N) is 2. The van der Waals surface area contributed by atoms with Gasteiger partial charge in [-0.25, -0.2) is 0 Å². The molecule has 5 heteroatoms. The number of aromatic nitrogens is 2. The lowest BCUT2D eigenvalue weighted by atomic mass is 10.1. The quantitative estimate of drug-likeness (QED) is 0.733. The summed E-state index contributed by atoms with van der Waals surface area (Å²) >= 11 is 0. The third-order valence-electron chi connectivity index (χ3n) is 2.36. The molecule has 3 N–H and O–H groups in total. The van der Waals surface area contributed by atoms with Gasteiger partial charge in [0, 0.05) is 24.9 Å². The standard InChI is InChI=1S/C11H20N4O/c1-9(7-12)6-11(16)14-10(2)8-15-5-3-4-13-15/h3-5,9-10H,6-8,12H2,1-2H3,(H,14,16). The topological polar surface area (TPSA) is 72.9 Å². The number of nitrogens with two attached hydrogens (primary N) is 1. The molecule has 1 rings (SSSR count). The minimum Gasteiger partial charge on any atom is -0.352 e. The number of hydrogen-bond acceptors (Lipinski definition) is 3. The van der Waals surface area contributed by atoms with E-state index < -0.39 is 0 Å². The van der Waals surface area contributed by atoms with Crippen LogP contribution in [0.2, 0.25) is 0 Å². The average molecular weight is 224 g/mol. The molecule has 90 valence electrons. The molecule has 0 spiro atoms. The van der Waals surface area contributed by atoms with Crippen LogP contribution < -0.4 is 11.1 Å². The van der Waals surface area contributed by atoms with E-state index in [1.807, 2.05) is 26.1 Å². The van der Waals surface area contributed by atoms with E-state index in [0.717, 1.165) is 0 Å². The number of hydrogen-bond donors (Lipinski definition) is 2. The molecule has 0 fully saturated rings. The first-order valence-electron chi connectivity index (χ1n) is 5.58. The number of carbonyl (C=O) groups excluding carboxylic acids is 1. The highest BCUT2D eigenvalue weighted by atomic mass is 16.1. The molecule has 2 unspecified atom stereocenters. The van der Waals surface area contributed by atoms with Crippen molar-refractivity contribution in [2.45, 2.75) is 32.9 Å². The number of rotatable bonds is 6. The Hall–Kier alpha value is -1.36. The van der Waals surface area contributed by atoms with Crippen LogP contribution >= 0.6 is 0 Å². The zero-order valence-corrected chi connectivity index (χ0v) is 9.89. The van der Waals surface area contributed by atoms with Crippen LogP contribution in [0.3, 0.4) is 0 Å². The fraction of sp³-hybridized carbons (Fsp3) is 0.636. The molecule has 0 aliphatic rings. The summed E-state index contributed by atoms with van der Waals surface area (Å²) < 4.78 is 1.80. The van der Waals surface area contributed by atoms with E-state index in [2.05, 4.69) is 10.4 Å². The number of amides is 1. The van der Waals surface area contributed by atoms with Crippen LogP contribution in [0.4, 0.5) is 0 Å². The Kier molecular flexibility index (Phi) is 4.98. The van der Waals surface area contributed by atoms with Crippen LogP contribution in [0.15, 0.2) is 18.5 Å². The summed E-state index contributed by atoms with van der Waals surface area (Å²) in [4.78, 5) is 11.6. The Morgan fingerprint density at radius 3 is 2.88 bits per heavy atom. The first kappa shape index (κ1) is 12.7. The molecular formula is C11H20N4O. The molecule has 0 aliphatic carbocycles. The highest BCUT2D eigenvalue weighted by Crippen LogP contribution is 1.99. The van der Waals surface area contributed by atoms with Gasteiger partial charge >= 0.3 is 0 Å². The second kappa shape index (κ2) is 6.27. The molecule has 1 aromatic heterocycles. The van der Waals surface area contributed by atoms with Gasteiger partial charge in [-0.05, 0) is 25.5 Å². The number of nitrogens with one attached hydrogen (secondary N) is 1. The lowest BCUT2D eigenvalue weighted by Gasteiger charge is -2.15. The first-order chi connectivity index (χ1) is 7.61. The van der Waals surface area contributed by atoms with Crippen molar-refractivity contribution in [1.29, 1.82) is 0 Å². The molecule has 0 saturated heterocycles. The highest BCUT2D eigenvalue weighted by molar-refractivity contribution is 5.76. The molecule has 1 aromatic rings. The fourth-order valence-electron chi connectivity index (χ4n) is 1.47. The van der Waals surface area contributed by atoms with Crippen LogP contribution in [-0.2, 0) is 11.3 Å². The van der Waals surface area contributed by atoms with Gasteiger partial charge in [0.25, 0.3) is 0 Å². The fourth-order valence-corrected chi connectivity index (χ4v) is 1.47. The molecule has 2 atom stereocenters. The third-order valence-corrected chi connectivity index (χ3v) is 2.36. The lowest BCUT2D eigenvalue weighted by molar-refractivity contribution is -0.122. The van der Waals surface area contributed by atoms with Gasteiger partial charge in [0.2, 0.25) is 5.91 Å². The molecule has 0 aliphatic heterocycles. The number of carbonyl (C=O) groups is 1. The van der Waals surface area contributed by atoms with E-state index in [-0.39, 0.29) is 17.9 Å². The van der Waals surface area contributed by atoms with E-state index >= 15 is 0 Å². The minimum atomic E-state index is 0.0533. The highest BCUT2D eigenvalue weighted by Gasteiger charge is 2.10. The monoisotopic (exact) mass is 224 g/mol. The summed E-state index contributed by atoms with van der Waals surface area (Å²) in [5, 5.41) is 7.01. The maximum Gasteiger partial charge on any atom is 0.220 e. The summed E-state index contributed by atoms with van der Waals surface area (Å²) in [6.07, 6.45) is 4.09. The Morgan fingerprint density at radius 2 is 2.31 bits per heavy atom. The van der Waals surface area contributed by atoms with Crippen LogP contribution in [0.5, 0.6) is 0 Å². The summed E-state index contributed by atoms with van der Waals surface area (Å²) in [7, 11) is 0. The maximum absolute atomic E-state index is 11.6. The van der Waals surface area contributed by atoms with Crippen LogP contribution in [0.25, 0.3) is 0 Å². The summed E-state index contributed by atoms with van der Waals surface area (Å²) in [5.74, 6) is 0.287. The predicted molar refractivity (Wildman–Crippen MR) is 62.7 cm³/mol. The van der Waals surface area contributed by atoms with Gasteiger partial charge < -0.3 is 11.1 Å². The molecule has 1 heterocycles. The van der Waals surface area contributed by atoms with Crippen molar-refractivity contribution < 1.29 is 4.79 Å². The van der Waals surface area contributed by atoms with Crippen molar-refractivity contribution in [2.75, 3.05) is 6.54 Å². The van der Waals surface area contributed by atoms with Gasteiger partial charge in [0.15, 0.2) is 0 Å². The molecular weight excluding hydrogens is 204 g/mol. The third kappa shape index (κ3) is 4.44. The van der Waals surface area contributed by atoms with E-state index in [9.17, 15) is 4.79 Å². The molecule has 0 saturated carbocycles. The summed E-state index contributed by atoms with van der Waals surface area (Å²) in [6.45, 7) is 5.17. The molecule has 5 nitrogen and oxygen atoms in total. The predicted octanol–water partition coefficient (Wildman–Crippen LogP) is 0.373. The lowest BCUT2D eigenvalue weighted by Crippen LogP contribution is -2.37. The average Bonchev–Trinajstić information content (AvgIpc) is 2.69. The van der Waals surface area contributed by atoms with Gasteiger partial charge in [-0.15, -0.1) is 0 Å². The first-order valence-corrected chi connectivity index (χ1v) is 5.58. The molecule has 0 radical (unpaired) electrons. The summed E-state index contributed by atoms with van der Waals surface area (Å²) in [5.41, 5.74) is 5.47. The van der Waals surface area contributed by atoms with Crippen LogP contribution in [-0.4, -0.2) is 28.3 Å². The van der Waals surface area contributed by atoms with E-state index in [0.29, 0.717) is 19.5 Å². The van der Waals surface area contributed by atoms with Crippen molar-refractivity contribution >= 4 is 5.91 Å². The van der Waals surface area contributed by atoms with Crippen LogP contribution in [0.1, 0.15) is 20.3 Å². The molecule has 16 heavy (non-hydrogen) atoms. The van der Waals surface area contributed by atoms with E-state index in [1.165, 1.54) is 0 Å². The van der Waals surface area contributed by atoms with Crippen molar-refractivity contribution in [2.24, 2.45) is 11.7 Å². The van der Waals surface area contributed by atoms with E-state index in [1.54, 1.807) is 10.9 Å².